The summed E-state index contributed by atoms with van der Waals surface area (Å²) < 4.78 is 21.3. The fraction of sp³-hybridized carbons (Fsp3) is 0.156. The lowest BCUT2D eigenvalue weighted by Gasteiger charge is -2.22. The van der Waals surface area contributed by atoms with Gasteiger partial charge in [-0.05, 0) is 60.9 Å². The highest BCUT2D eigenvalue weighted by Gasteiger charge is 2.49. The lowest BCUT2D eigenvalue weighted by Crippen LogP contribution is -2.29. The van der Waals surface area contributed by atoms with E-state index in [-0.39, 0.29) is 28.0 Å². The monoisotopic (exact) mass is 627 g/mol. The van der Waals surface area contributed by atoms with E-state index in [9.17, 15) is 19.1 Å². The molecule has 0 aliphatic carbocycles. The molecule has 3 aromatic heterocycles. The fourth-order valence-electron chi connectivity index (χ4n) is 5.00. The van der Waals surface area contributed by atoms with Crippen molar-refractivity contribution in [2.45, 2.75) is 30.0 Å². The summed E-state index contributed by atoms with van der Waals surface area (Å²) in [6.07, 6.45) is 3.45. The smallest absolute Gasteiger partial charge is 0.301 e. The fourth-order valence-corrected chi connectivity index (χ4v) is 6.83. The molecule has 1 aliphatic rings. The van der Waals surface area contributed by atoms with Crippen LogP contribution in [0.1, 0.15) is 34.1 Å². The lowest BCUT2D eigenvalue weighted by molar-refractivity contribution is -0.132. The minimum atomic E-state index is -1.00. The SMILES string of the molecule is C=CCOc1ccc(C2C(=C(O)c3nc4c(C)cccn4c3C)C(=O)C(=O)N2c2nnc(SCc3ccc(F)cc3)s2)cc1. The summed E-state index contributed by atoms with van der Waals surface area (Å²) >= 11 is 2.53. The number of ketones is 1. The van der Waals surface area contributed by atoms with E-state index >= 15 is 0 Å². The number of rotatable bonds is 9. The number of anilines is 1. The summed E-state index contributed by atoms with van der Waals surface area (Å²) in [6, 6.07) is 15.9. The van der Waals surface area contributed by atoms with E-state index in [1.165, 1.54) is 28.8 Å². The molecule has 1 N–H and O–H groups in total. The summed E-state index contributed by atoms with van der Waals surface area (Å²) in [5.74, 6) is -1.31. The van der Waals surface area contributed by atoms with Crippen LogP contribution < -0.4 is 9.64 Å². The maximum atomic E-state index is 13.7. The van der Waals surface area contributed by atoms with Crippen molar-refractivity contribution in [1.82, 2.24) is 19.6 Å². The largest absolute Gasteiger partial charge is 0.505 e. The second-order valence-corrected chi connectivity index (χ2v) is 12.2. The Morgan fingerprint density at radius 2 is 1.86 bits per heavy atom. The number of hydrogen-bond acceptors (Lipinski definition) is 9. The first-order chi connectivity index (χ1) is 21.3. The van der Waals surface area contributed by atoms with Crippen molar-refractivity contribution in [3.63, 3.8) is 0 Å². The van der Waals surface area contributed by atoms with Gasteiger partial charge in [0.2, 0.25) is 5.13 Å². The van der Waals surface area contributed by atoms with E-state index in [2.05, 4.69) is 21.8 Å². The van der Waals surface area contributed by atoms with E-state index in [1.807, 2.05) is 29.7 Å². The molecule has 2 aromatic carbocycles. The van der Waals surface area contributed by atoms with Gasteiger partial charge < -0.3 is 14.2 Å². The summed E-state index contributed by atoms with van der Waals surface area (Å²) in [6.45, 7) is 7.67. The Morgan fingerprint density at radius 3 is 2.57 bits per heavy atom. The van der Waals surface area contributed by atoms with E-state index < -0.39 is 17.7 Å². The molecule has 0 radical (unpaired) electrons. The normalized spacial score (nSPS) is 16.2. The number of imidazole rings is 1. The van der Waals surface area contributed by atoms with Crippen LogP contribution in [-0.4, -0.2) is 43.0 Å². The minimum absolute atomic E-state index is 0.102. The maximum Gasteiger partial charge on any atom is 0.301 e. The van der Waals surface area contributed by atoms with Gasteiger partial charge in [-0.15, -0.1) is 10.2 Å². The summed E-state index contributed by atoms with van der Waals surface area (Å²) in [5.41, 5.74) is 3.70. The molecule has 0 saturated carbocycles. The van der Waals surface area contributed by atoms with Crippen molar-refractivity contribution in [3.8, 4) is 5.75 Å². The molecule has 1 atom stereocenters. The molecule has 44 heavy (non-hydrogen) atoms. The highest BCUT2D eigenvalue weighted by atomic mass is 32.2. The van der Waals surface area contributed by atoms with Gasteiger partial charge in [0.1, 0.15) is 29.5 Å². The van der Waals surface area contributed by atoms with Crippen LogP contribution in [0.3, 0.4) is 0 Å². The molecule has 1 aliphatic heterocycles. The van der Waals surface area contributed by atoms with Crippen molar-refractivity contribution >= 4 is 51.3 Å². The number of benzene rings is 2. The van der Waals surface area contributed by atoms with Crippen molar-refractivity contribution in [2.75, 3.05) is 11.5 Å². The summed E-state index contributed by atoms with van der Waals surface area (Å²) in [5, 5.41) is 20.4. The highest BCUT2D eigenvalue weighted by molar-refractivity contribution is 8.00. The number of hydrogen-bond donors (Lipinski definition) is 1. The van der Waals surface area contributed by atoms with Gasteiger partial charge in [-0.25, -0.2) is 9.37 Å². The number of carbonyl (C=O) groups excluding carboxylic acids is 2. The topological polar surface area (TPSA) is 110 Å². The van der Waals surface area contributed by atoms with Crippen LogP contribution in [0, 0.1) is 19.7 Å². The molecule has 1 fully saturated rings. The van der Waals surface area contributed by atoms with E-state index in [1.54, 1.807) is 49.4 Å². The van der Waals surface area contributed by atoms with Gasteiger partial charge in [0.25, 0.3) is 5.78 Å². The molecule has 0 bridgehead atoms. The Kier molecular flexibility index (Phi) is 8.02. The Labute approximate surface area is 260 Å². The number of pyridine rings is 1. The van der Waals surface area contributed by atoms with Crippen LogP contribution in [0.15, 0.2) is 89.4 Å². The third-order valence-corrected chi connectivity index (χ3v) is 9.32. The average molecular weight is 628 g/mol. The standard InChI is InChI=1S/C32H26FN5O4S2/c1-4-16-42-23-13-9-21(10-14-23)26-24(27(39)25-19(3)37-15-5-6-18(2)29(37)34-25)28(40)30(41)38(26)31-35-36-32(44-31)43-17-20-7-11-22(33)12-8-20/h4-15,26,39H,1,16-17H2,2-3H3. The summed E-state index contributed by atoms with van der Waals surface area (Å²) in [7, 11) is 0. The van der Waals surface area contributed by atoms with E-state index in [0.29, 0.717) is 39.4 Å². The number of thioether (sulfide) groups is 1. The highest BCUT2D eigenvalue weighted by Crippen LogP contribution is 2.44. The predicted octanol–water partition coefficient (Wildman–Crippen LogP) is 6.43. The number of amides is 1. The molecule has 4 heterocycles. The number of aliphatic hydroxyl groups is 1. The molecular formula is C32H26FN5O4S2. The molecule has 5 aromatic rings. The van der Waals surface area contributed by atoms with Crippen LogP contribution >= 0.6 is 23.1 Å². The van der Waals surface area contributed by atoms with Gasteiger partial charge in [-0.3, -0.25) is 14.5 Å². The first kappa shape index (κ1) is 29.3. The number of carbonyl (C=O) groups is 2. The molecule has 1 saturated heterocycles. The second-order valence-electron chi connectivity index (χ2n) is 10.0. The van der Waals surface area contributed by atoms with Gasteiger partial charge in [-0.2, -0.15) is 0 Å². The zero-order chi connectivity index (χ0) is 31.0. The van der Waals surface area contributed by atoms with Crippen molar-refractivity contribution in [1.29, 1.82) is 0 Å². The second kappa shape index (κ2) is 12.1. The molecular weight excluding hydrogens is 602 g/mol. The molecule has 12 heteroatoms. The number of ether oxygens (including phenoxy) is 1. The Morgan fingerprint density at radius 1 is 1.11 bits per heavy atom. The van der Waals surface area contributed by atoms with Crippen LogP contribution in [-0.2, 0) is 15.3 Å². The molecule has 9 nitrogen and oxygen atoms in total. The zero-order valence-corrected chi connectivity index (χ0v) is 25.4. The number of halogens is 1. The van der Waals surface area contributed by atoms with Gasteiger partial charge in [0.15, 0.2) is 10.1 Å². The van der Waals surface area contributed by atoms with Gasteiger partial charge in [0, 0.05) is 11.9 Å². The van der Waals surface area contributed by atoms with Gasteiger partial charge >= 0.3 is 5.91 Å². The predicted molar refractivity (Wildman–Crippen MR) is 167 cm³/mol. The number of nitrogens with zero attached hydrogens (tertiary/aromatic N) is 5. The van der Waals surface area contributed by atoms with Crippen LogP contribution in [0.25, 0.3) is 11.4 Å². The number of Topliss-reactive ketones (excluding diaryl/α,β-unsaturated/α-hetero) is 1. The zero-order valence-electron chi connectivity index (χ0n) is 23.7. The van der Waals surface area contributed by atoms with E-state index in [0.717, 1.165) is 22.5 Å². The quantitative estimate of drug-likeness (QED) is 0.0498. The Hall–Kier alpha value is -4.81. The van der Waals surface area contributed by atoms with E-state index in [4.69, 9.17) is 4.74 Å². The molecule has 1 unspecified atom stereocenters. The lowest BCUT2D eigenvalue weighted by atomic mass is 9.96. The van der Waals surface area contributed by atoms with Gasteiger partial charge in [0.05, 0.1) is 17.3 Å². The molecule has 222 valence electrons. The Bertz CT molecular complexity index is 1930. The minimum Gasteiger partial charge on any atom is -0.505 e. The average Bonchev–Trinajstić information content (AvgIpc) is 3.71. The van der Waals surface area contributed by atoms with Gasteiger partial charge in [-0.1, -0.05) is 66.1 Å². The molecule has 6 rings (SSSR count). The van der Waals surface area contributed by atoms with Crippen molar-refractivity contribution in [3.05, 3.63) is 119 Å². The third-order valence-electron chi connectivity index (χ3n) is 7.19. The van der Waals surface area contributed by atoms with Crippen LogP contribution in [0.5, 0.6) is 5.75 Å². The number of aromatic nitrogens is 4. The molecule has 1 amide bonds. The Balaban J connectivity index is 1.42. The third kappa shape index (κ3) is 5.38. The number of fused-ring (bicyclic) bond motifs is 1. The van der Waals surface area contributed by atoms with Crippen molar-refractivity contribution in [2.24, 2.45) is 0 Å². The van der Waals surface area contributed by atoms with Crippen LogP contribution in [0.4, 0.5) is 9.52 Å². The first-order valence-corrected chi connectivity index (χ1v) is 15.4. The van der Waals surface area contributed by atoms with Crippen LogP contribution in [0.2, 0.25) is 0 Å². The number of aryl methyl sites for hydroxylation is 2. The number of aliphatic hydroxyl groups excluding tert-OH is 1. The maximum absolute atomic E-state index is 13.7. The first-order valence-electron chi connectivity index (χ1n) is 13.6. The van der Waals surface area contributed by atoms with Crippen molar-refractivity contribution < 1.29 is 23.8 Å². The molecule has 0 spiro atoms. The summed E-state index contributed by atoms with van der Waals surface area (Å²) in [4.78, 5) is 33.2.